The number of Topliss-reactive ketones (excluding diaryl/α,β-unsaturated/α-hetero) is 1. The van der Waals surface area contributed by atoms with Crippen molar-refractivity contribution in [3.8, 4) is 0 Å². The number of ketones is 1. The first-order valence-corrected chi connectivity index (χ1v) is 19.1. The molecule has 0 aromatic carbocycles. The number of amides is 1. The van der Waals surface area contributed by atoms with Gasteiger partial charge < -0.3 is 39.2 Å². The van der Waals surface area contributed by atoms with Crippen molar-refractivity contribution >= 4 is 17.7 Å². The number of aliphatic hydroxyl groups is 1. The largest absolute Gasteiger partial charge is 0.463 e. The van der Waals surface area contributed by atoms with Gasteiger partial charge in [0, 0.05) is 68.7 Å². The maximum absolute atomic E-state index is 14.3. The molecule has 50 heavy (non-hydrogen) atoms. The first kappa shape index (κ1) is 39.5. The van der Waals surface area contributed by atoms with E-state index in [1.807, 2.05) is 37.7 Å². The maximum Gasteiger partial charge on any atom is 0.319 e. The molecule has 12 nitrogen and oxygen atoms in total. The van der Waals surface area contributed by atoms with Crippen LogP contribution in [0.25, 0.3) is 0 Å². The highest BCUT2D eigenvalue weighted by atomic mass is 16.7. The Balaban J connectivity index is 1.32. The number of nitrogens with one attached hydrogen (secondary N) is 1. The minimum absolute atomic E-state index is 0.0793. The Kier molecular flexibility index (Phi) is 12.4. The summed E-state index contributed by atoms with van der Waals surface area (Å²) in [6, 6.07) is 0.798. The molecule has 0 radical (unpaired) electrons. The third kappa shape index (κ3) is 8.58. The van der Waals surface area contributed by atoms with E-state index in [2.05, 4.69) is 24.2 Å². The number of nitrogens with zero attached hydrogens (tertiary/aromatic N) is 3. The maximum atomic E-state index is 14.3. The third-order valence-corrected chi connectivity index (χ3v) is 12.5. The van der Waals surface area contributed by atoms with Crippen molar-refractivity contribution in [1.29, 1.82) is 0 Å². The monoisotopic (exact) mass is 706 g/mol. The van der Waals surface area contributed by atoms with Crippen LogP contribution >= 0.6 is 0 Å². The Morgan fingerprint density at radius 2 is 1.66 bits per heavy atom. The molecule has 1 amide bonds. The summed E-state index contributed by atoms with van der Waals surface area (Å²) in [6.45, 7) is 13.2. The van der Waals surface area contributed by atoms with E-state index in [1.165, 1.54) is 12.8 Å². The molecule has 0 bridgehead atoms. The van der Waals surface area contributed by atoms with Gasteiger partial charge in [0.2, 0.25) is 5.91 Å². The Morgan fingerprint density at radius 3 is 2.28 bits per heavy atom. The van der Waals surface area contributed by atoms with Gasteiger partial charge in [0.15, 0.2) is 12.1 Å². The fourth-order valence-corrected chi connectivity index (χ4v) is 9.20. The number of carbonyl (C=O) groups excluding carboxylic acids is 3. The predicted octanol–water partition coefficient (Wildman–Crippen LogP) is 2.70. The van der Waals surface area contributed by atoms with E-state index in [0.717, 1.165) is 19.3 Å². The number of carbonyl (C=O) groups is 3. The Morgan fingerprint density at radius 1 is 1.00 bits per heavy atom. The molecule has 11 atom stereocenters. The minimum atomic E-state index is -1.46. The highest BCUT2D eigenvalue weighted by Gasteiger charge is 2.52. The van der Waals surface area contributed by atoms with Crippen molar-refractivity contribution in [1.82, 2.24) is 20.0 Å². The van der Waals surface area contributed by atoms with Crippen LogP contribution in [0, 0.1) is 29.1 Å². The molecule has 12 heteroatoms. The Bertz CT molecular complexity index is 1210. The van der Waals surface area contributed by atoms with Gasteiger partial charge in [0.1, 0.15) is 18.1 Å². The van der Waals surface area contributed by atoms with Gasteiger partial charge in [-0.15, -0.1) is 0 Å². The lowest BCUT2D eigenvalue weighted by molar-refractivity contribution is -0.295. The highest BCUT2D eigenvalue weighted by molar-refractivity contribution is 6.04. The Hall–Kier alpha value is -1.67. The molecule has 2 unspecified atom stereocenters. The Labute approximate surface area is 300 Å². The number of hydrogen-bond donors (Lipinski definition) is 2. The molecule has 3 saturated heterocycles. The van der Waals surface area contributed by atoms with Gasteiger partial charge >= 0.3 is 5.97 Å². The number of methoxy groups -OCH3 is 1. The van der Waals surface area contributed by atoms with E-state index in [1.54, 1.807) is 27.9 Å². The zero-order valence-corrected chi connectivity index (χ0v) is 32.4. The van der Waals surface area contributed by atoms with Crippen LogP contribution in [0.4, 0.5) is 0 Å². The van der Waals surface area contributed by atoms with Gasteiger partial charge in [-0.25, -0.2) is 0 Å². The van der Waals surface area contributed by atoms with Crippen molar-refractivity contribution in [2.24, 2.45) is 29.1 Å². The first-order valence-electron chi connectivity index (χ1n) is 19.1. The lowest BCUT2D eigenvalue weighted by Gasteiger charge is -2.48. The second kappa shape index (κ2) is 15.7. The molecule has 5 fully saturated rings. The molecule has 2 N–H and O–H groups in total. The number of hydrogen-bond acceptors (Lipinski definition) is 11. The second-order valence-corrected chi connectivity index (χ2v) is 17.5. The minimum Gasteiger partial charge on any atom is -0.463 e. The van der Waals surface area contributed by atoms with E-state index < -0.39 is 41.4 Å². The van der Waals surface area contributed by atoms with Gasteiger partial charge in [-0.1, -0.05) is 13.8 Å². The summed E-state index contributed by atoms with van der Waals surface area (Å²) >= 11 is 0. The number of likely N-dealkylation sites (N-methyl/N-ethyl adjacent to an activating group) is 2. The number of ether oxygens (including phenoxy) is 4. The summed E-state index contributed by atoms with van der Waals surface area (Å²) < 4.78 is 25.1. The molecule has 3 aliphatic heterocycles. The number of cyclic esters (lactones) is 1. The van der Waals surface area contributed by atoms with Gasteiger partial charge in [0.25, 0.3) is 0 Å². The molecule has 5 aliphatic rings. The predicted molar refractivity (Wildman–Crippen MR) is 189 cm³/mol. The lowest BCUT2D eigenvalue weighted by Crippen LogP contribution is -2.60. The first-order chi connectivity index (χ1) is 23.4. The van der Waals surface area contributed by atoms with Crippen LogP contribution in [0.1, 0.15) is 86.5 Å². The van der Waals surface area contributed by atoms with Crippen molar-refractivity contribution in [3.63, 3.8) is 0 Å². The SMILES string of the molecule is CO[C@]1(C)C[C@@H](C)CN(C)C(C2CN(C(=O)[C@@H]3CCC(NC4CC4)C3)C2)COC(=O)C(C)(C)C(=O)[C@H](C)[C@H]1O[C@@H]1O[C@H](C)C[C@H](N(C)C)[C@H]1O. The van der Waals surface area contributed by atoms with Gasteiger partial charge in [-0.05, 0) is 99.7 Å². The van der Waals surface area contributed by atoms with Gasteiger partial charge in [0.05, 0.1) is 17.8 Å². The lowest BCUT2D eigenvalue weighted by atomic mass is 9.74. The van der Waals surface area contributed by atoms with Crippen molar-refractivity contribution in [2.45, 2.75) is 141 Å². The number of esters is 1. The molecule has 0 aromatic rings. The molecule has 2 aliphatic carbocycles. The van der Waals surface area contributed by atoms with Crippen molar-refractivity contribution < 1.29 is 38.4 Å². The summed E-state index contributed by atoms with van der Waals surface area (Å²) in [7, 11) is 7.52. The van der Waals surface area contributed by atoms with Gasteiger partial charge in [-0.2, -0.15) is 0 Å². The molecule has 0 aromatic heterocycles. The summed E-state index contributed by atoms with van der Waals surface area (Å²) in [5, 5.41) is 15.1. The molecule has 0 spiro atoms. The van der Waals surface area contributed by atoms with Crippen LogP contribution in [0.15, 0.2) is 0 Å². The van der Waals surface area contributed by atoms with Crippen molar-refractivity contribution in [2.75, 3.05) is 54.5 Å². The summed E-state index contributed by atoms with van der Waals surface area (Å²) in [5.41, 5.74) is -2.41. The zero-order valence-electron chi connectivity index (χ0n) is 32.4. The summed E-state index contributed by atoms with van der Waals surface area (Å²) in [4.78, 5) is 47.7. The zero-order chi connectivity index (χ0) is 36.7. The average molecular weight is 707 g/mol. The third-order valence-electron chi connectivity index (χ3n) is 12.5. The smallest absolute Gasteiger partial charge is 0.319 e. The van der Waals surface area contributed by atoms with Crippen LogP contribution < -0.4 is 5.32 Å². The van der Waals surface area contributed by atoms with Crippen LogP contribution in [-0.2, 0) is 33.3 Å². The van der Waals surface area contributed by atoms with E-state index in [9.17, 15) is 19.5 Å². The number of rotatable bonds is 8. The molecule has 3 heterocycles. The van der Waals surface area contributed by atoms with Crippen LogP contribution in [0.5, 0.6) is 0 Å². The van der Waals surface area contributed by atoms with Crippen molar-refractivity contribution in [3.05, 3.63) is 0 Å². The van der Waals surface area contributed by atoms with Crippen LogP contribution in [-0.4, -0.2) is 146 Å². The number of aliphatic hydroxyl groups excluding tert-OH is 1. The molecule has 2 saturated carbocycles. The second-order valence-electron chi connectivity index (χ2n) is 17.5. The molecule has 5 rings (SSSR count). The topological polar surface area (TPSA) is 130 Å². The molecule has 286 valence electrons. The summed E-state index contributed by atoms with van der Waals surface area (Å²) in [5.74, 6) is -1.10. The molecular formula is C38H66N4O8. The van der Waals surface area contributed by atoms with Gasteiger partial charge in [-0.3, -0.25) is 19.3 Å². The van der Waals surface area contributed by atoms with E-state index in [0.29, 0.717) is 44.6 Å². The quantitative estimate of drug-likeness (QED) is 0.286. The van der Waals surface area contributed by atoms with E-state index >= 15 is 0 Å². The van der Waals surface area contributed by atoms with Crippen LogP contribution in [0.3, 0.4) is 0 Å². The fourth-order valence-electron chi connectivity index (χ4n) is 9.20. The summed E-state index contributed by atoms with van der Waals surface area (Å²) in [6.07, 6.45) is 3.69. The fraction of sp³-hybridized carbons (Fsp3) is 0.921. The standard InChI is InChI=1S/C38H66N4O8/c1-22-17-38(6,47-10)33(50-35-31(43)29(40(7)8)15-23(2)49-35)24(3)32(44)37(4,5)36(46)48-21-30(41(9)18-22)26-19-42(20-26)34(45)25-11-12-28(16-25)39-27-13-14-27/h22-31,33,35,39,43H,11-21H2,1-10H3/t22-,23-,24+,25-,28?,29+,30?,31-,33-,35+,38-/m1/s1. The number of likely N-dealkylation sites (tertiary alicyclic amines) is 1. The highest BCUT2D eigenvalue weighted by Crippen LogP contribution is 2.39. The normalized spacial score (nSPS) is 41.2. The van der Waals surface area contributed by atoms with E-state index in [4.69, 9.17) is 18.9 Å². The average Bonchev–Trinajstić information content (AvgIpc) is 3.73. The van der Waals surface area contributed by atoms with E-state index in [-0.39, 0.29) is 54.2 Å². The van der Waals surface area contributed by atoms with Crippen LogP contribution in [0.2, 0.25) is 0 Å². The molecular weight excluding hydrogens is 640 g/mol.